The second-order valence-electron chi connectivity index (χ2n) is 7.20. The molecule has 1 heterocycles. The summed E-state index contributed by atoms with van der Waals surface area (Å²) in [4.78, 5) is 25.1. The summed E-state index contributed by atoms with van der Waals surface area (Å²) < 4.78 is 5.72. The summed E-state index contributed by atoms with van der Waals surface area (Å²) in [7, 11) is 1.36. The molecule has 25 heavy (non-hydrogen) atoms. The number of likely N-dealkylation sites (tertiary alicyclic amines) is 1. The fourth-order valence-corrected chi connectivity index (χ4v) is 4.00. The van der Waals surface area contributed by atoms with Crippen LogP contribution >= 0.6 is 0 Å². The third-order valence-electron chi connectivity index (χ3n) is 5.67. The molecule has 1 aromatic carbocycles. The maximum Gasteiger partial charge on any atom is 0.339 e. The minimum Gasteiger partial charge on any atom is -0.465 e. The number of amides is 1. The molecule has 0 spiro atoms. The van der Waals surface area contributed by atoms with E-state index in [1.54, 1.807) is 6.07 Å². The number of nitrogens with zero attached hydrogens (tertiary/aromatic N) is 1. The Hall–Kier alpha value is -1.88. The summed E-state index contributed by atoms with van der Waals surface area (Å²) in [5.74, 6) is -0.451. The van der Waals surface area contributed by atoms with Crippen molar-refractivity contribution in [3.63, 3.8) is 0 Å². The second kappa shape index (κ2) is 8.00. The smallest absolute Gasteiger partial charge is 0.339 e. The van der Waals surface area contributed by atoms with E-state index in [1.165, 1.54) is 26.4 Å². The van der Waals surface area contributed by atoms with Gasteiger partial charge in [0.05, 0.1) is 38.0 Å². The zero-order valence-electron chi connectivity index (χ0n) is 16.1. The zero-order valence-corrected chi connectivity index (χ0v) is 16.1. The summed E-state index contributed by atoms with van der Waals surface area (Å²) in [6, 6.07) is 3.60. The Balaban J connectivity index is 2.29. The van der Waals surface area contributed by atoms with Gasteiger partial charge in [-0.1, -0.05) is 6.07 Å². The van der Waals surface area contributed by atoms with E-state index in [0.29, 0.717) is 11.3 Å². The second-order valence-corrected chi connectivity index (χ2v) is 7.20. The van der Waals surface area contributed by atoms with Crippen molar-refractivity contribution in [1.82, 2.24) is 0 Å². The molecule has 1 aromatic rings. The van der Waals surface area contributed by atoms with E-state index in [-0.39, 0.29) is 11.9 Å². The van der Waals surface area contributed by atoms with Gasteiger partial charge in [0, 0.05) is 0 Å². The quantitative estimate of drug-likeness (QED) is 0.656. The predicted molar refractivity (Wildman–Crippen MR) is 99.7 cm³/mol. The number of benzene rings is 1. The third-order valence-corrected chi connectivity index (χ3v) is 5.67. The van der Waals surface area contributed by atoms with Crippen LogP contribution in [0.15, 0.2) is 12.1 Å². The highest BCUT2D eigenvalue weighted by Crippen LogP contribution is 2.27. The highest BCUT2D eigenvalue weighted by atomic mass is 16.5. The third kappa shape index (κ3) is 4.03. The number of rotatable bonds is 5. The average Bonchev–Trinajstić information content (AvgIpc) is 2.62. The highest BCUT2D eigenvalue weighted by molar-refractivity contribution is 6.03. The van der Waals surface area contributed by atoms with E-state index in [2.05, 4.69) is 12.2 Å². The lowest BCUT2D eigenvalue weighted by molar-refractivity contribution is -0.943. The van der Waals surface area contributed by atoms with Gasteiger partial charge in [0.15, 0.2) is 6.04 Å². The SMILES string of the molecule is CC[N+]1(C(C)C(=O)Nc2c(C)cc(C)cc2C(=O)OC)CCCCC1. The van der Waals surface area contributed by atoms with E-state index < -0.39 is 5.97 Å². The van der Waals surface area contributed by atoms with Crippen molar-refractivity contribution >= 4 is 17.6 Å². The van der Waals surface area contributed by atoms with Gasteiger partial charge in [-0.3, -0.25) is 4.79 Å². The van der Waals surface area contributed by atoms with Crippen LogP contribution in [0.4, 0.5) is 5.69 Å². The lowest BCUT2D eigenvalue weighted by Gasteiger charge is -2.44. The molecular weight excluding hydrogens is 316 g/mol. The molecule has 0 aromatic heterocycles. The Bertz CT molecular complexity index is 649. The van der Waals surface area contributed by atoms with Crippen LogP contribution in [0.3, 0.4) is 0 Å². The lowest BCUT2D eigenvalue weighted by Crippen LogP contribution is -2.60. The number of methoxy groups -OCH3 is 1. The van der Waals surface area contributed by atoms with Gasteiger partial charge in [0.2, 0.25) is 0 Å². The Morgan fingerprint density at radius 3 is 2.40 bits per heavy atom. The minimum absolute atomic E-state index is 0.0270. The summed E-state index contributed by atoms with van der Waals surface area (Å²) in [5, 5.41) is 3.02. The van der Waals surface area contributed by atoms with Crippen LogP contribution in [0.5, 0.6) is 0 Å². The van der Waals surface area contributed by atoms with Crippen LogP contribution in [0, 0.1) is 13.8 Å². The Labute approximate surface area is 150 Å². The van der Waals surface area contributed by atoms with Crippen LogP contribution in [-0.4, -0.2) is 49.1 Å². The maximum absolute atomic E-state index is 13.0. The fraction of sp³-hybridized carbons (Fsp3) is 0.600. The molecular formula is C20H31N2O3+. The fourth-order valence-electron chi connectivity index (χ4n) is 4.00. The summed E-state index contributed by atoms with van der Waals surface area (Å²) in [6.07, 6.45) is 3.59. The summed E-state index contributed by atoms with van der Waals surface area (Å²) >= 11 is 0. The number of aryl methyl sites for hydroxylation is 2. The first kappa shape index (κ1) is 19.4. The number of ether oxygens (including phenoxy) is 1. The molecule has 1 aliphatic rings. The van der Waals surface area contributed by atoms with Gasteiger partial charge in [-0.05, 0) is 64.2 Å². The van der Waals surface area contributed by atoms with Crippen molar-refractivity contribution in [1.29, 1.82) is 0 Å². The first-order valence-corrected chi connectivity index (χ1v) is 9.21. The lowest BCUT2D eigenvalue weighted by atomic mass is 10.0. The van der Waals surface area contributed by atoms with Crippen LogP contribution in [0.2, 0.25) is 0 Å². The average molecular weight is 347 g/mol. The monoisotopic (exact) mass is 347 g/mol. The van der Waals surface area contributed by atoms with E-state index in [9.17, 15) is 9.59 Å². The van der Waals surface area contributed by atoms with Gasteiger partial charge in [0.25, 0.3) is 5.91 Å². The number of carbonyl (C=O) groups is 2. The van der Waals surface area contributed by atoms with Crippen molar-refractivity contribution < 1.29 is 18.8 Å². The number of quaternary nitrogens is 1. The van der Waals surface area contributed by atoms with Gasteiger partial charge >= 0.3 is 5.97 Å². The largest absolute Gasteiger partial charge is 0.465 e. The molecule has 0 aliphatic carbocycles. The molecule has 5 nitrogen and oxygen atoms in total. The summed E-state index contributed by atoms with van der Waals surface area (Å²) in [6.45, 7) is 11.0. The number of nitrogens with one attached hydrogen (secondary N) is 1. The molecule has 0 saturated carbocycles. The predicted octanol–water partition coefficient (Wildman–Crippen LogP) is 3.44. The Morgan fingerprint density at radius 1 is 1.20 bits per heavy atom. The molecule has 1 saturated heterocycles. The molecule has 1 amide bonds. The number of likely N-dealkylation sites (N-methyl/N-ethyl adjacent to an activating group) is 1. The molecule has 1 fully saturated rings. The molecule has 0 radical (unpaired) electrons. The molecule has 1 atom stereocenters. The molecule has 1 unspecified atom stereocenters. The molecule has 5 heteroatoms. The van der Waals surface area contributed by atoms with E-state index in [4.69, 9.17) is 4.74 Å². The van der Waals surface area contributed by atoms with Gasteiger partial charge < -0.3 is 14.5 Å². The van der Waals surface area contributed by atoms with Crippen LogP contribution in [0.25, 0.3) is 0 Å². The molecule has 1 N–H and O–H groups in total. The first-order valence-electron chi connectivity index (χ1n) is 9.21. The first-order chi connectivity index (χ1) is 11.8. The van der Waals surface area contributed by atoms with Crippen molar-refractivity contribution in [2.45, 2.75) is 53.0 Å². The van der Waals surface area contributed by atoms with E-state index in [0.717, 1.165) is 35.2 Å². The topological polar surface area (TPSA) is 55.4 Å². The number of hydrogen-bond acceptors (Lipinski definition) is 3. The van der Waals surface area contributed by atoms with Gasteiger partial charge in [0.1, 0.15) is 0 Å². The van der Waals surface area contributed by atoms with Gasteiger partial charge in [-0.25, -0.2) is 4.79 Å². The van der Waals surface area contributed by atoms with E-state index in [1.807, 2.05) is 26.8 Å². The highest BCUT2D eigenvalue weighted by Gasteiger charge is 2.38. The van der Waals surface area contributed by atoms with Gasteiger partial charge in [-0.2, -0.15) is 0 Å². The van der Waals surface area contributed by atoms with Crippen molar-refractivity contribution in [2.75, 3.05) is 32.1 Å². The molecule has 138 valence electrons. The number of anilines is 1. The number of hydrogen-bond donors (Lipinski definition) is 1. The maximum atomic E-state index is 13.0. The normalized spacial score (nSPS) is 17.6. The Kier molecular flexibility index (Phi) is 6.22. The van der Waals surface area contributed by atoms with Crippen LogP contribution in [-0.2, 0) is 9.53 Å². The van der Waals surface area contributed by atoms with Crippen molar-refractivity contribution in [3.8, 4) is 0 Å². The number of piperidine rings is 1. The van der Waals surface area contributed by atoms with Crippen LogP contribution < -0.4 is 5.32 Å². The van der Waals surface area contributed by atoms with E-state index >= 15 is 0 Å². The standard InChI is InChI=1S/C20H30N2O3/c1-6-22(10-8-7-9-11-22)16(4)19(23)21-18-15(3)12-14(2)13-17(18)20(24)25-5/h12-13,16H,6-11H2,1-5H3/p+1. The van der Waals surface area contributed by atoms with Gasteiger partial charge in [-0.15, -0.1) is 0 Å². The minimum atomic E-state index is -0.424. The molecule has 0 bridgehead atoms. The van der Waals surface area contributed by atoms with Crippen molar-refractivity contribution in [3.05, 3.63) is 28.8 Å². The number of carbonyl (C=O) groups excluding carboxylic acids is 2. The zero-order chi connectivity index (χ0) is 18.6. The molecule has 2 rings (SSSR count). The molecule has 1 aliphatic heterocycles. The Morgan fingerprint density at radius 2 is 1.84 bits per heavy atom. The van der Waals surface area contributed by atoms with Crippen molar-refractivity contribution in [2.24, 2.45) is 0 Å². The number of esters is 1. The summed E-state index contributed by atoms with van der Waals surface area (Å²) in [5.41, 5.74) is 2.84. The van der Waals surface area contributed by atoms with Crippen LogP contribution in [0.1, 0.15) is 54.6 Å².